The number of hydrogen-bond donors (Lipinski definition) is 1. The molecule has 9 nitrogen and oxygen atoms in total. The van der Waals surface area contributed by atoms with E-state index in [-0.39, 0.29) is 6.04 Å². The number of aromatic nitrogens is 3. The van der Waals surface area contributed by atoms with Crippen molar-refractivity contribution in [2.75, 3.05) is 18.0 Å². The molecular formula is C25H33N7O2S. The number of ether oxygens (including phenoxy) is 1. The molecule has 1 amide bonds. The summed E-state index contributed by atoms with van der Waals surface area (Å²) in [6.07, 6.45) is 5.41. The van der Waals surface area contributed by atoms with Crippen LogP contribution in [0.1, 0.15) is 69.7 Å². The molecule has 1 aliphatic heterocycles. The van der Waals surface area contributed by atoms with Crippen molar-refractivity contribution < 1.29 is 9.53 Å². The van der Waals surface area contributed by atoms with Gasteiger partial charge in [0.25, 0.3) is 0 Å². The summed E-state index contributed by atoms with van der Waals surface area (Å²) in [5.74, 6) is 1.25. The number of nitrogens with zero attached hydrogens (tertiary/aromatic N) is 6. The maximum atomic E-state index is 12.1. The molecular weight excluding hydrogens is 462 g/mol. The van der Waals surface area contributed by atoms with E-state index in [0.717, 1.165) is 17.7 Å². The zero-order valence-electron chi connectivity index (χ0n) is 21.1. The maximum Gasteiger partial charge on any atom is 0.407 e. The fourth-order valence-electron chi connectivity index (χ4n) is 4.03. The first-order chi connectivity index (χ1) is 16.7. The summed E-state index contributed by atoms with van der Waals surface area (Å²) in [6, 6.07) is 4.58. The first kappa shape index (κ1) is 26.4. The molecule has 1 aliphatic rings. The lowest BCUT2D eigenvalue weighted by molar-refractivity contribution is 0.0497. The molecule has 2 aromatic heterocycles. The lowest BCUT2D eigenvalue weighted by Gasteiger charge is -2.34. The molecule has 1 saturated heterocycles. The standard InChI is InChI=1S/C25H33N7O2S/c1-6-19-20(12-26)22(31-10-8-18(9-11-31)29-24(33)34-25(3,4)5)30-23(21(19)13-27)35-16-17-14-28-32(7-2)15-17/h14-15,18H,6-11,16H2,1-5H3,(H,29,33). The second-order valence-corrected chi connectivity index (χ2v) is 10.4. The molecule has 10 heteroatoms. The Morgan fingerprint density at radius 1 is 1.23 bits per heavy atom. The summed E-state index contributed by atoms with van der Waals surface area (Å²) in [6.45, 7) is 11.6. The van der Waals surface area contributed by atoms with Gasteiger partial charge in [0, 0.05) is 43.2 Å². The van der Waals surface area contributed by atoms with Crippen LogP contribution in [0.25, 0.3) is 0 Å². The summed E-state index contributed by atoms with van der Waals surface area (Å²) < 4.78 is 7.24. The van der Waals surface area contributed by atoms with Crippen molar-refractivity contribution in [3.8, 4) is 12.1 Å². The maximum absolute atomic E-state index is 12.1. The van der Waals surface area contributed by atoms with Crippen LogP contribution in [0.5, 0.6) is 0 Å². The number of rotatable bonds is 7. The van der Waals surface area contributed by atoms with Crippen LogP contribution >= 0.6 is 11.8 Å². The summed E-state index contributed by atoms with van der Waals surface area (Å²) in [7, 11) is 0. The third-order valence-electron chi connectivity index (χ3n) is 5.73. The van der Waals surface area contributed by atoms with Gasteiger partial charge in [0.15, 0.2) is 0 Å². The minimum absolute atomic E-state index is 0.000360. The average molecular weight is 496 g/mol. The number of hydrogen-bond acceptors (Lipinski definition) is 8. The predicted octanol–water partition coefficient (Wildman–Crippen LogP) is 4.39. The van der Waals surface area contributed by atoms with E-state index in [0.29, 0.717) is 60.1 Å². The van der Waals surface area contributed by atoms with Crippen molar-refractivity contribution >= 4 is 23.7 Å². The van der Waals surface area contributed by atoms with Crippen LogP contribution in [0, 0.1) is 22.7 Å². The van der Waals surface area contributed by atoms with Crippen molar-refractivity contribution in [2.24, 2.45) is 0 Å². The molecule has 0 atom stereocenters. The van der Waals surface area contributed by atoms with E-state index in [2.05, 4.69) is 27.5 Å². The second-order valence-electron chi connectivity index (χ2n) is 9.45. The Balaban J connectivity index is 1.80. The highest BCUT2D eigenvalue weighted by molar-refractivity contribution is 7.98. The second kappa shape index (κ2) is 11.5. The van der Waals surface area contributed by atoms with Crippen LogP contribution in [-0.2, 0) is 23.5 Å². The molecule has 1 fully saturated rings. The smallest absolute Gasteiger partial charge is 0.407 e. The molecule has 0 aromatic carbocycles. The number of anilines is 1. The highest BCUT2D eigenvalue weighted by Crippen LogP contribution is 2.34. The summed E-state index contributed by atoms with van der Waals surface area (Å²) in [5, 5.41) is 27.8. The molecule has 3 rings (SSSR count). The Labute approximate surface area is 211 Å². The Morgan fingerprint density at radius 3 is 2.46 bits per heavy atom. The summed E-state index contributed by atoms with van der Waals surface area (Å²) in [4.78, 5) is 19.1. The number of amides is 1. The number of nitriles is 2. The molecule has 186 valence electrons. The Bertz CT molecular complexity index is 1130. The van der Waals surface area contributed by atoms with Crippen LogP contribution in [0.3, 0.4) is 0 Å². The van der Waals surface area contributed by atoms with E-state index in [9.17, 15) is 15.3 Å². The van der Waals surface area contributed by atoms with E-state index in [1.807, 2.05) is 51.7 Å². The Morgan fingerprint density at radius 2 is 1.91 bits per heavy atom. The number of carbonyl (C=O) groups excluding carboxylic acids is 1. The van der Waals surface area contributed by atoms with Crippen molar-refractivity contribution in [2.45, 2.75) is 82.8 Å². The lowest BCUT2D eigenvalue weighted by atomic mass is 10.00. The summed E-state index contributed by atoms with van der Waals surface area (Å²) in [5.41, 5.74) is 2.19. The van der Waals surface area contributed by atoms with E-state index < -0.39 is 11.7 Å². The zero-order valence-corrected chi connectivity index (χ0v) is 21.9. The molecule has 35 heavy (non-hydrogen) atoms. The number of piperidine rings is 1. The quantitative estimate of drug-likeness (QED) is 0.562. The number of carbonyl (C=O) groups is 1. The monoisotopic (exact) mass is 495 g/mol. The van der Waals surface area contributed by atoms with Crippen LogP contribution in [-0.4, -0.2) is 45.6 Å². The molecule has 2 aromatic rings. The molecule has 0 saturated carbocycles. The third-order valence-corrected chi connectivity index (χ3v) is 6.77. The normalized spacial score (nSPS) is 14.3. The number of aryl methyl sites for hydroxylation is 1. The van der Waals surface area contributed by atoms with Crippen LogP contribution in [0.4, 0.5) is 10.6 Å². The van der Waals surface area contributed by atoms with Crippen molar-refractivity contribution in [1.82, 2.24) is 20.1 Å². The number of pyridine rings is 1. The van der Waals surface area contributed by atoms with Crippen molar-refractivity contribution in [3.63, 3.8) is 0 Å². The van der Waals surface area contributed by atoms with Crippen molar-refractivity contribution in [3.05, 3.63) is 34.6 Å². The lowest BCUT2D eigenvalue weighted by Crippen LogP contribution is -2.46. The summed E-state index contributed by atoms with van der Waals surface area (Å²) >= 11 is 1.49. The highest BCUT2D eigenvalue weighted by atomic mass is 32.2. The number of nitrogens with one attached hydrogen (secondary N) is 1. The van der Waals surface area contributed by atoms with E-state index in [1.54, 1.807) is 0 Å². The van der Waals surface area contributed by atoms with Gasteiger partial charge >= 0.3 is 6.09 Å². The number of thioether (sulfide) groups is 1. The SMILES string of the molecule is CCc1c(C#N)c(SCc2cnn(CC)c2)nc(N2CCC(NC(=O)OC(C)(C)C)CC2)c1C#N. The average Bonchev–Trinajstić information content (AvgIpc) is 3.29. The fraction of sp³-hybridized carbons (Fsp3) is 0.560. The van der Waals surface area contributed by atoms with Gasteiger partial charge in [-0.25, -0.2) is 9.78 Å². The molecule has 0 radical (unpaired) electrons. The molecule has 1 N–H and O–H groups in total. The third kappa shape index (κ3) is 6.67. The molecule has 0 aliphatic carbocycles. The topological polar surface area (TPSA) is 120 Å². The van der Waals surface area contributed by atoms with Crippen LogP contribution in [0.2, 0.25) is 0 Å². The van der Waals surface area contributed by atoms with Crippen LogP contribution < -0.4 is 10.2 Å². The van der Waals surface area contributed by atoms with Gasteiger partial charge in [0.2, 0.25) is 0 Å². The van der Waals surface area contributed by atoms with Gasteiger partial charge in [-0.05, 0) is 52.5 Å². The largest absolute Gasteiger partial charge is 0.444 e. The Kier molecular flexibility index (Phi) is 8.63. The van der Waals surface area contributed by atoms with E-state index in [4.69, 9.17) is 9.72 Å². The van der Waals surface area contributed by atoms with Gasteiger partial charge in [0.05, 0.1) is 17.3 Å². The van der Waals surface area contributed by atoms with E-state index in [1.165, 1.54) is 11.8 Å². The highest BCUT2D eigenvalue weighted by Gasteiger charge is 2.28. The molecule has 0 spiro atoms. The number of alkyl carbamates (subject to hydrolysis) is 1. The van der Waals surface area contributed by atoms with Gasteiger partial charge in [-0.2, -0.15) is 15.6 Å². The molecule has 3 heterocycles. The minimum Gasteiger partial charge on any atom is -0.444 e. The fourth-order valence-corrected chi connectivity index (χ4v) is 4.95. The van der Waals surface area contributed by atoms with Gasteiger partial charge in [-0.1, -0.05) is 6.92 Å². The first-order valence-electron chi connectivity index (χ1n) is 11.9. The van der Waals surface area contributed by atoms with Gasteiger partial charge in [-0.3, -0.25) is 4.68 Å². The van der Waals surface area contributed by atoms with E-state index >= 15 is 0 Å². The molecule has 0 unspecified atom stereocenters. The van der Waals surface area contributed by atoms with Crippen molar-refractivity contribution in [1.29, 1.82) is 10.5 Å². The Hall–Kier alpha value is -3.24. The van der Waals surface area contributed by atoms with Gasteiger partial charge < -0.3 is 15.0 Å². The van der Waals surface area contributed by atoms with Gasteiger partial charge in [0.1, 0.15) is 28.6 Å². The van der Waals surface area contributed by atoms with Crippen LogP contribution in [0.15, 0.2) is 17.4 Å². The predicted molar refractivity (Wildman–Crippen MR) is 135 cm³/mol. The first-order valence-corrected chi connectivity index (χ1v) is 12.9. The molecule has 0 bridgehead atoms. The van der Waals surface area contributed by atoms with Gasteiger partial charge in [-0.15, -0.1) is 11.8 Å². The minimum atomic E-state index is -0.543. The zero-order chi connectivity index (χ0) is 25.6.